The maximum atomic E-state index is 12.9. The van der Waals surface area contributed by atoms with Crippen LogP contribution in [0.5, 0.6) is 0 Å². The number of rotatable bonds is 5. The lowest BCUT2D eigenvalue weighted by Gasteiger charge is -2.25. The van der Waals surface area contributed by atoms with Crippen LogP contribution in [-0.4, -0.2) is 23.8 Å². The minimum atomic E-state index is -0.0734. The molecule has 0 bridgehead atoms. The lowest BCUT2D eigenvalue weighted by molar-refractivity contribution is -0.117. The standard InChI is InChI=1S/C19H21ClN2O2S/c1-11-10-16(21-18(23)14-4-5-14)25-17(11)19(24)22(3)12(2)13-6-8-15(20)9-7-13/h6-10,12,14H,4-5H2,1-3H3,(H,21,23). The van der Waals surface area contributed by atoms with Gasteiger partial charge in [0.2, 0.25) is 5.91 Å². The zero-order valence-corrected chi connectivity index (χ0v) is 16.1. The minimum absolute atomic E-state index is 0.0446. The molecular formula is C19H21ClN2O2S. The molecule has 3 rings (SSSR count). The minimum Gasteiger partial charge on any atom is -0.334 e. The van der Waals surface area contributed by atoms with Gasteiger partial charge < -0.3 is 10.2 Å². The number of hydrogen-bond acceptors (Lipinski definition) is 3. The van der Waals surface area contributed by atoms with Gasteiger partial charge >= 0.3 is 0 Å². The molecule has 0 aliphatic heterocycles. The third kappa shape index (κ3) is 4.05. The first kappa shape index (κ1) is 18.0. The largest absolute Gasteiger partial charge is 0.334 e. The van der Waals surface area contributed by atoms with Gasteiger partial charge in [0.25, 0.3) is 5.91 Å². The predicted molar refractivity (Wildman–Crippen MR) is 102 cm³/mol. The molecule has 1 fully saturated rings. The monoisotopic (exact) mass is 376 g/mol. The van der Waals surface area contributed by atoms with Gasteiger partial charge in [-0.1, -0.05) is 23.7 Å². The zero-order chi connectivity index (χ0) is 18.1. The van der Waals surface area contributed by atoms with Crippen LogP contribution >= 0.6 is 22.9 Å². The van der Waals surface area contributed by atoms with Crippen molar-refractivity contribution in [1.82, 2.24) is 4.90 Å². The molecule has 0 saturated heterocycles. The summed E-state index contributed by atoms with van der Waals surface area (Å²) in [4.78, 5) is 27.2. The van der Waals surface area contributed by atoms with Crippen LogP contribution in [0, 0.1) is 12.8 Å². The van der Waals surface area contributed by atoms with Crippen LogP contribution in [0.4, 0.5) is 5.00 Å². The first-order chi connectivity index (χ1) is 11.9. The third-order valence-electron chi connectivity index (χ3n) is 4.56. The molecule has 25 heavy (non-hydrogen) atoms. The highest BCUT2D eigenvalue weighted by atomic mass is 35.5. The van der Waals surface area contributed by atoms with Crippen LogP contribution in [0.2, 0.25) is 5.02 Å². The van der Waals surface area contributed by atoms with Crippen LogP contribution < -0.4 is 5.32 Å². The molecule has 132 valence electrons. The average molecular weight is 377 g/mol. The van der Waals surface area contributed by atoms with Gasteiger partial charge in [-0.05, 0) is 56.0 Å². The van der Waals surface area contributed by atoms with Crippen molar-refractivity contribution in [3.63, 3.8) is 0 Å². The molecule has 6 heteroatoms. The van der Waals surface area contributed by atoms with E-state index in [9.17, 15) is 9.59 Å². The Morgan fingerprint density at radius 3 is 2.52 bits per heavy atom. The number of nitrogens with one attached hydrogen (secondary N) is 1. The molecule has 4 nitrogen and oxygen atoms in total. The second kappa shape index (κ2) is 7.18. The number of aryl methyl sites for hydroxylation is 1. The summed E-state index contributed by atoms with van der Waals surface area (Å²) >= 11 is 7.27. The van der Waals surface area contributed by atoms with Crippen molar-refractivity contribution in [2.45, 2.75) is 32.7 Å². The van der Waals surface area contributed by atoms with Crippen LogP contribution in [0.1, 0.15) is 46.6 Å². The lowest BCUT2D eigenvalue weighted by Crippen LogP contribution is -2.29. The molecule has 0 spiro atoms. The van der Waals surface area contributed by atoms with Crippen molar-refractivity contribution in [2.75, 3.05) is 12.4 Å². The van der Waals surface area contributed by atoms with Gasteiger partial charge in [0.05, 0.1) is 15.9 Å². The van der Waals surface area contributed by atoms with Crippen LogP contribution in [0.3, 0.4) is 0 Å². The molecule has 1 aromatic carbocycles. The van der Waals surface area contributed by atoms with E-state index in [0.717, 1.165) is 29.0 Å². The maximum absolute atomic E-state index is 12.9. The maximum Gasteiger partial charge on any atom is 0.264 e. The highest BCUT2D eigenvalue weighted by Crippen LogP contribution is 2.34. The lowest BCUT2D eigenvalue weighted by atomic mass is 10.1. The van der Waals surface area contributed by atoms with Crippen LogP contribution in [0.15, 0.2) is 30.3 Å². The molecule has 1 aliphatic carbocycles. The Balaban J connectivity index is 1.73. The topological polar surface area (TPSA) is 49.4 Å². The van der Waals surface area contributed by atoms with Gasteiger partial charge in [-0.3, -0.25) is 9.59 Å². The summed E-state index contributed by atoms with van der Waals surface area (Å²) in [7, 11) is 1.79. The van der Waals surface area contributed by atoms with E-state index in [1.165, 1.54) is 11.3 Å². The molecule has 1 unspecified atom stereocenters. The Labute approximate surface area is 156 Å². The van der Waals surface area contributed by atoms with E-state index in [1.54, 1.807) is 11.9 Å². The molecule has 1 atom stereocenters. The number of carbonyl (C=O) groups excluding carboxylic acids is 2. The third-order valence-corrected chi connectivity index (χ3v) is 5.95. The molecule has 1 N–H and O–H groups in total. The number of nitrogens with zero attached hydrogens (tertiary/aromatic N) is 1. The summed E-state index contributed by atoms with van der Waals surface area (Å²) in [5.41, 5.74) is 1.91. The van der Waals surface area contributed by atoms with Gasteiger partial charge in [0.1, 0.15) is 0 Å². The summed E-state index contributed by atoms with van der Waals surface area (Å²) in [6.45, 7) is 3.89. The first-order valence-electron chi connectivity index (χ1n) is 8.30. The Hall–Kier alpha value is -1.85. The number of benzene rings is 1. The molecule has 0 radical (unpaired) electrons. The zero-order valence-electron chi connectivity index (χ0n) is 14.5. The normalized spacial score (nSPS) is 14.9. The highest BCUT2D eigenvalue weighted by molar-refractivity contribution is 7.18. The van der Waals surface area contributed by atoms with Gasteiger partial charge in [-0.15, -0.1) is 11.3 Å². The molecule has 2 aromatic rings. The fraction of sp³-hybridized carbons (Fsp3) is 0.368. The van der Waals surface area contributed by atoms with Crippen LogP contribution in [-0.2, 0) is 4.79 Å². The Morgan fingerprint density at radius 2 is 1.92 bits per heavy atom. The van der Waals surface area contributed by atoms with E-state index < -0.39 is 0 Å². The van der Waals surface area contributed by atoms with Crippen molar-refractivity contribution in [3.8, 4) is 0 Å². The predicted octanol–water partition coefficient (Wildman–Crippen LogP) is 4.89. The van der Waals surface area contributed by atoms with E-state index in [0.29, 0.717) is 9.90 Å². The van der Waals surface area contributed by atoms with Crippen molar-refractivity contribution < 1.29 is 9.59 Å². The Kier molecular flexibility index (Phi) is 5.16. The number of carbonyl (C=O) groups is 2. The van der Waals surface area contributed by atoms with E-state index in [4.69, 9.17) is 11.6 Å². The number of hydrogen-bond donors (Lipinski definition) is 1. The number of halogens is 1. The quantitative estimate of drug-likeness (QED) is 0.807. The van der Waals surface area contributed by atoms with Crippen molar-refractivity contribution in [2.24, 2.45) is 5.92 Å². The Morgan fingerprint density at radius 1 is 1.28 bits per heavy atom. The van der Waals surface area contributed by atoms with Crippen molar-refractivity contribution in [1.29, 1.82) is 0 Å². The molecule has 1 aromatic heterocycles. The molecule has 1 heterocycles. The van der Waals surface area contributed by atoms with Gasteiger partial charge in [0, 0.05) is 18.0 Å². The first-order valence-corrected chi connectivity index (χ1v) is 9.50. The molecular weight excluding hydrogens is 356 g/mol. The van der Waals surface area contributed by atoms with E-state index in [1.807, 2.05) is 44.2 Å². The van der Waals surface area contributed by atoms with Crippen LogP contribution in [0.25, 0.3) is 0 Å². The average Bonchev–Trinajstić information content (AvgIpc) is 3.38. The summed E-state index contributed by atoms with van der Waals surface area (Å²) in [6, 6.07) is 9.31. The summed E-state index contributed by atoms with van der Waals surface area (Å²) in [5.74, 6) is 0.161. The van der Waals surface area contributed by atoms with Crippen molar-refractivity contribution >= 4 is 39.8 Å². The second-order valence-electron chi connectivity index (χ2n) is 6.53. The Bertz CT molecular complexity index is 796. The van der Waals surface area contributed by atoms with E-state index >= 15 is 0 Å². The van der Waals surface area contributed by atoms with E-state index in [-0.39, 0.29) is 23.8 Å². The second-order valence-corrected chi connectivity index (χ2v) is 8.02. The summed E-state index contributed by atoms with van der Waals surface area (Å²) in [6.07, 6.45) is 1.92. The molecule has 1 aliphatic rings. The smallest absolute Gasteiger partial charge is 0.264 e. The highest BCUT2D eigenvalue weighted by Gasteiger charge is 2.30. The number of anilines is 1. The SMILES string of the molecule is Cc1cc(NC(=O)C2CC2)sc1C(=O)N(C)C(C)c1ccc(Cl)cc1. The fourth-order valence-electron chi connectivity index (χ4n) is 2.63. The number of amides is 2. The van der Waals surface area contributed by atoms with Gasteiger partial charge in [-0.2, -0.15) is 0 Å². The molecule has 2 amide bonds. The van der Waals surface area contributed by atoms with E-state index in [2.05, 4.69) is 5.32 Å². The number of thiophene rings is 1. The van der Waals surface area contributed by atoms with Crippen molar-refractivity contribution in [3.05, 3.63) is 51.4 Å². The van der Waals surface area contributed by atoms with Gasteiger partial charge in [-0.25, -0.2) is 0 Å². The molecule has 1 saturated carbocycles. The summed E-state index contributed by atoms with van der Waals surface area (Å²) < 4.78 is 0. The summed E-state index contributed by atoms with van der Waals surface area (Å²) in [5, 5.41) is 4.34. The fourth-order valence-corrected chi connectivity index (χ4v) is 3.81. The van der Waals surface area contributed by atoms with Gasteiger partial charge in [0.15, 0.2) is 0 Å².